The van der Waals surface area contributed by atoms with Crippen molar-refractivity contribution in [1.29, 1.82) is 0 Å². The third-order valence-electron chi connectivity index (χ3n) is 2.18. The summed E-state index contributed by atoms with van der Waals surface area (Å²) in [5.74, 6) is -0.515. The van der Waals surface area contributed by atoms with E-state index in [2.05, 4.69) is 0 Å². The highest BCUT2D eigenvalue weighted by Crippen LogP contribution is 2.25. The van der Waals surface area contributed by atoms with Gasteiger partial charge < -0.3 is 9.47 Å². The summed E-state index contributed by atoms with van der Waals surface area (Å²) in [6.07, 6.45) is 0.405. The molecule has 6 heteroatoms. The molecule has 0 bridgehead atoms. The summed E-state index contributed by atoms with van der Waals surface area (Å²) in [5.41, 5.74) is 0.120. The Morgan fingerprint density at radius 2 is 2.06 bits per heavy atom. The Labute approximate surface area is 90.9 Å². The molecule has 1 radical (unpaired) electrons. The first-order valence-corrected chi connectivity index (χ1v) is 4.71. The Morgan fingerprint density at radius 3 is 2.69 bits per heavy atom. The summed E-state index contributed by atoms with van der Waals surface area (Å²) in [4.78, 5) is 10.1. The average molecular weight is 226 g/mol. The summed E-state index contributed by atoms with van der Waals surface area (Å²) in [6.45, 7) is 0.858. The second-order valence-electron chi connectivity index (χ2n) is 3.28. The maximum atomic E-state index is 13.0. The molecule has 1 aliphatic heterocycles. The first-order valence-electron chi connectivity index (χ1n) is 4.71. The third kappa shape index (κ3) is 2.34. The monoisotopic (exact) mass is 226 g/mol. The number of benzene rings is 1. The lowest BCUT2D eigenvalue weighted by Gasteiger charge is -2.07. The summed E-state index contributed by atoms with van der Waals surface area (Å²) < 4.78 is 23.1. The predicted molar refractivity (Wildman–Crippen MR) is 51.9 cm³/mol. The van der Waals surface area contributed by atoms with Crippen LogP contribution < -0.4 is 0 Å². The van der Waals surface area contributed by atoms with Crippen molar-refractivity contribution >= 4 is 5.69 Å². The van der Waals surface area contributed by atoms with Crippen molar-refractivity contribution in [2.24, 2.45) is 0 Å². The number of nitro benzene ring substituents is 1. The van der Waals surface area contributed by atoms with Gasteiger partial charge in [-0.3, -0.25) is 10.1 Å². The Balaban J connectivity index is 2.22. The van der Waals surface area contributed by atoms with E-state index in [4.69, 9.17) is 9.47 Å². The summed E-state index contributed by atoms with van der Waals surface area (Å²) in [5, 5.41) is 10.7. The maximum Gasteiger partial charge on any atom is 0.272 e. The number of hydrogen-bond acceptors (Lipinski definition) is 4. The predicted octanol–water partition coefficient (Wildman–Crippen LogP) is 1.81. The average Bonchev–Trinajstić information content (AvgIpc) is 2.70. The summed E-state index contributed by atoms with van der Waals surface area (Å²) in [7, 11) is 0. The lowest BCUT2D eigenvalue weighted by Crippen LogP contribution is -2.04. The molecule has 0 aromatic heterocycles. The van der Waals surface area contributed by atoms with E-state index in [1.807, 2.05) is 0 Å². The molecule has 1 heterocycles. The van der Waals surface area contributed by atoms with E-state index in [0.717, 1.165) is 18.2 Å². The minimum Gasteiger partial charge on any atom is -0.343 e. The van der Waals surface area contributed by atoms with Gasteiger partial charge in [-0.05, 0) is 12.1 Å². The summed E-state index contributed by atoms with van der Waals surface area (Å²) in [6, 6.07) is 3.32. The standard InChI is InChI=1S/C10H9FNO4/c11-8-1-2-9(12(13)14)7(5-8)6-10-15-3-4-16-10/h1-2,5H,3-4,6H2. The lowest BCUT2D eigenvalue weighted by molar-refractivity contribution is -0.385. The van der Waals surface area contributed by atoms with Crippen LogP contribution in [0, 0.1) is 22.2 Å². The van der Waals surface area contributed by atoms with Crippen molar-refractivity contribution in [3.05, 3.63) is 46.0 Å². The molecular formula is C10H9FNO4. The van der Waals surface area contributed by atoms with E-state index in [-0.39, 0.29) is 17.7 Å². The highest BCUT2D eigenvalue weighted by molar-refractivity contribution is 5.41. The van der Waals surface area contributed by atoms with Crippen LogP contribution in [0.15, 0.2) is 18.2 Å². The number of halogens is 1. The molecule has 85 valence electrons. The zero-order valence-corrected chi connectivity index (χ0v) is 8.31. The van der Waals surface area contributed by atoms with Gasteiger partial charge in [0, 0.05) is 18.1 Å². The number of nitro groups is 1. The second-order valence-corrected chi connectivity index (χ2v) is 3.28. The minimum absolute atomic E-state index is 0.105. The van der Waals surface area contributed by atoms with Gasteiger partial charge >= 0.3 is 0 Å². The molecule has 0 N–H and O–H groups in total. The van der Waals surface area contributed by atoms with Crippen LogP contribution in [0.5, 0.6) is 0 Å². The Hall–Kier alpha value is -1.53. The largest absolute Gasteiger partial charge is 0.343 e. The molecule has 0 aliphatic carbocycles. The van der Waals surface area contributed by atoms with Gasteiger partial charge in [0.2, 0.25) is 6.29 Å². The van der Waals surface area contributed by atoms with Crippen molar-refractivity contribution in [3.8, 4) is 0 Å². The highest BCUT2D eigenvalue weighted by Gasteiger charge is 2.23. The van der Waals surface area contributed by atoms with Crippen LogP contribution in [0.3, 0.4) is 0 Å². The van der Waals surface area contributed by atoms with Gasteiger partial charge in [-0.15, -0.1) is 0 Å². The fourth-order valence-electron chi connectivity index (χ4n) is 1.48. The van der Waals surface area contributed by atoms with Gasteiger partial charge in [0.1, 0.15) is 5.82 Å². The highest BCUT2D eigenvalue weighted by atomic mass is 19.1. The van der Waals surface area contributed by atoms with E-state index in [0.29, 0.717) is 19.5 Å². The van der Waals surface area contributed by atoms with E-state index in [1.165, 1.54) is 0 Å². The van der Waals surface area contributed by atoms with E-state index in [9.17, 15) is 14.5 Å². The lowest BCUT2D eigenvalue weighted by atomic mass is 10.1. The fourth-order valence-corrected chi connectivity index (χ4v) is 1.48. The Morgan fingerprint density at radius 1 is 1.38 bits per heavy atom. The zero-order valence-electron chi connectivity index (χ0n) is 8.31. The molecule has 5 nitrogen and oxygen atoms in total. The SMILES string of the molecule is O=[N+]([O-])c1ccc(F)cc1C[C]1OCCO1. The Bertz CT molecular complexity index is 404. The normalized spacial score (nSPS) is 16.6. The van der Waals surface area contributed by atoms with Crippen LogP contribution in [-0.2, 0) is 15.9 Å². The third-order valence-corrected chi connectivity index (χ3v) is 2.18. The van der Waals surface area contributed by atoms with E-state index < -0.39 is 10.7 Å². The smallest absolute Gasteiger partial charge is 0.272 e. The molecule has 0 atom stereocenters. The van der Waals surface area contributed by atoms with Crippen LogP contribution in [0.4, 0.5) is 10.1 Å². The molecule has 16 heavy (non-hydrogen) atoms. The quantitative estimate of drug-likeness (QED) is 0.582. The van der Waals surface area contributed by atoms with Gasteiger partial charge in [0.15, 0.2) is 0 Å². The summed E-state index contributed by atoms with van der Waals surface area (Å²) >= 11 is 0. The molecule has 0 amide bonds. The van der Waals surface area contributed by atoms with Crippen molar-refractivity contribution in [1.82, 2.24) is 0 Å². The molecule has 0 spiro atoms. The van der Waals surface area contributed by atoms with Crippen LogP contribution in [-0.4, -0.2) is 18.1 Å². The molecule has 0 saturated carbocycles. The van der Waals surface area contributed by atoms with Crippen molar-refractivity contribution in [2.45, 2.75) is 6.42 Å². The number of hydrogen-bond donors (Lipinski definition) is 0. The topological polar surface area (TPSA) is 61.6 Å². The molecule has 1 aromatic rings. The van der Waals surface area contributed by atoms with Gasteiger partial charge in [0.25, 0.3) is 5.69 Å². The second kappa shape index (κ2) is 4.54. The van der Waals surface area contributed by atoms with Crippen molar-refractivity contribution in [2.75, 3.05) is 13.2 Å². The van der Waals surface area contributed by atoms with Crippen molar-refractivity contribution in [3.63, 3.8) is 0 Å². The maximum absolute atomic E-state index is 13.0. The van der Waals surface area contributed by atoms with Gasteiger partial charge in [-0.25, -0.2) is 4.39 Å². The molecular weight excluding hydrogens is 217 g/mol. The zero-order chi connectivity index (χ0) is 11.5. The van der Waals surface area contributed by atoms with E-state index in [1.54, 1.807) is 0 Å². The molecule has 1 aromatic carbocycles. The minimum atomic E-state index is -0.551. The first kappa shape index (κ1) is 11.0. The van der Waals surface area contributed by atoms with Crippen LogP contribution in [0.25, 0.3) is 0 Å². The fraction of sp³-hybridized carbons (Fsp3) is 0.300. The van der Waals surface area contributed by atoms with Crippen LogP contribution >= 0.6 is 0 Å². The first-order chi connectivity index (χ1) is 7.66. The Kier molecular flexibility index (Phi) is 3.12. The molecule has 0 unspecified atom stereocenters. The number of nitrogens with zero attached hydrogens (tertiary/aromatic N) is 1. The van der Waals surface area contributed by atoms with Gasteiger partial charge in [-0.1, -0.05) is 0 Å². The van der Waals surface area contributed by atoms with Crippen molar-refractivity contribution < 1.29 is 18.8 Å². The molecule has 1 aliphatic rings. The molecule has 1 saturated heterocycles. The number of rotatable bonds is 3. The number of ether oxygens (including phenoxy) is 2. The van der Waals surface area contributed by atoms with Crippen LogP contribution in [0.1, 0.15) is 5.56 Å². The van der Waals surface area contributed by atoms with Gasteiger partial charge in [0.05, 0.1) is 18.1 Å². The van der Waals surface area contributed by atoms with Crippen LogP contribution in [0.2, 0.25) is 0 Å². The van der Waals surface area contributed by atoms with Gasteiger partial charge in [-0.2, -0.15) is 0 Å². The molecule has 1 fully saturated rings. The molecule has 2 rings (SSSR count). The van der Waals surface area contributed by atoms with E-state index >= 15 is 0 Å².